The minimum absolute atomic E-state index is 0.189. The number of phenols is 2. The predicted molar refractivity (Wildman–Crippen MR) is 86.8 cm³/mol. The highest BCUT2D eigenvalue weighted by molar-refractivity contribution is 6.22. The predicted octanol–water partition coefficient (Wildman–Crippen LogP) is 2.73. The maximum absolute atomic E-state index is 12.5. The van der Waals surface area contributed by atoms with Gasteiger partial charge in [-0.3, -0.25) is 9.59 Å². The Morgan fingerprint density at radius 2 is 1.87 bits per heavy atom. The van der Waals surface area contributed by atoms with Gasteiger partial charge in [0.15, 0.2) is 11.5 Å². The molecule has 1 aromatic rings. The minimum atomic E-state index is -0.368. The molecule has 0 radical (unpaired) electrons. The van der Waals surface area contributed by atoms with Crippen LogP contribution in [-0.2, 0) is 4.79 Å². The first kappa shape index (κ1) is 16.6. The van der Waals surface area contributed by atoms with Gasteiger partial charge in [0.1, 0.15) is 0 Å². The quantitative estimate of drug-likeness (QED) is 0.576. The first-order chi connectivity index (χ1) is 11.0. The van der Waals surface area contributed by atoms with Crippen LogP contribution in [-0.4, -0.2) is 21.9 Å². The number of ketones is 1. The van der Waals surface area contributed by atoms with Gasteiger partial charge in [-0.2, -0.15) is 0 Å². The average Bonchev–Trinajstić information content (AvgIpc) is 2.76. The standard InChI is InChI=1S/C18H19NO4/c1-3-5-7-11-12-9-14(20)15(21)10-13(12)18(23)17(11)19-16(22)8-6-4-2/h9-10,20-21H,4,6-8H2,1-2H3,(H,19,22,23). The van der Waals surface area contributed by atoms with E-state index in [9.17, 15) is 19.8 Å². The number of benzene rings is 1. The fraction of sp³-hybridized carbons (Fsp3) is 0.333. The fourth-order valence-corrected chi connectivity index (χ4v) is 2.45. The van der Waals surface area contributed by atoms with Crippen LogP contribution in [0.2, 0.25) is 0 Å². The second-order valence-corrected chi connectivity index (χ2v) is 5.32. The van der Waals surface area contributed by atoms with Crippen LogP contribution in [0.15, 0.2) is 17.8 Å². The normalized spacial score (nSPS) is 12.7. The van der Waals surface area contributed by atoms with E-state index in [0.717, 1.165) is 12.8 Å². The van der Waals surface area contributed by atoms with Crippen molar-refractivity contribution >= 4 is 17.3 Å². The van der Waals surface area contributed by atoms with Crippen LogP contribution in [0.1, 0.15) is 55.5 Å². The number of Topliss-reactive ketones (excluding diaryl/α,β-unsaturated/α-hetero) is 1. The number of nitrogens with one attached hydrogen (secondary N) is 1. The van der Waals surface area contributed by atoms with Gasteiger partial charge in [-0.15, -0.1) is 5.92 Å². The van der Waals surface area contributed by atoms with E-state index in [1.807, 2.05) is 6.92 Å². The summed E-state index contributed by atoms with van der Waals surface area (Å²) in [6, 6.07) is 2.55. The highest BCUT2D eigenvalue weighted by Crippen LogP contribution is 2.39. The first-order valence-corrected chi connectivity index (χ1v) is 7.53. The van der Waals surface area contributed by atoms with Crippen molar-refractivity contribution in [1.29, 1.82) is 0 Å². The third-order valence-electron chi connectivity index (χ3n) is 3.68. The summed E-state index contributed by atoms with van der Waals surface area (Å²) in [5.74, 6) is 4.37. The van der Waals surface area contributed by atoms with Crippen LogP contribution in [0, 0.1) is 11.8 Å². The molecule has 23 heavy (non-hydrogen) atoms. The van der Waals surface area contributed by atoms with Crippen LogP contribution >= 0.6 is 0 Å². The third kappa shape index (κ3) is 3.37. The summed E-state index contributed by atoms with van der Waals surface area (Å²) >= 11 is 0. The van der Waals surface area contributed by atoms with E-state index < -0.39 is 0 Å². The van der Waals surface area contributed by atoms with Gasteiger partial charge in [0.05, 0.1) is 5.70 Å². The van der Waals surface area contributed by atoms with E-state index in [1.54, 1.807) is 6.92 Å². The molecule has 1 aliphatic carbocycles. The number of phenolic OH excluding ortho intramolecular Hbond substituents is 2. The SMILES string of the molecule is CC#CCC1=C(NC(=O)CCCC)C(=O)c2cc(O)c(O)cc21. The second kappa shape index (κ2) is 7.01. The first-order valence-electron chi connectivity index (χ1n) is 7.53. The Morgan fingerprint density at radius 1 is 1.22 bits per heavy atom. The number of fused-ring (bicyclic) bond motifs is 1. The molecule has 0 aliphatic heterocycles. The van der Waals surface area contributed by atoms with Crippen LogP contribution in [0.25, 0.3) is 5.57 Å². The number of unbranched alkanes of at least 4 members (excludes halogenated alkanes) is 1. The zero-order valence-electron chi connectivity index (χ0n) is 13.2. The second-order valence-electron chi connectivity index (χ2n) is 5.32. The number of amides is 1. The van der Waals surface area contributed by atoms with Crippen LogP contribution in [0.5, 0.6) is 11.5 Å². The zero-order valence-corrected chi connectivity index (χ0v) is 13.2. The van der Waals surface area contributed by atoms with E-state index in [1.165, 1.54) is 12.1 Å². The molecule has 1 aliphatic rings. The van der Waals surface area contributed by atoms with Crippen molar-refractivity contribution in [3.63, 3.8) is 0 Å². The summed E-state index contributed by atoms with van der Waals surface area (Å²) in [5, 5.41) is 22.0. The van der Waals surface area contributed by atoms with Gasteiger partial charge in [-0.25, -0.2) is 0 Å². The number of hydrogen-bond acceptors (Lipinski definition) is 4. The van der Waals surface area contributed by atoms with Gasteiger partial charge in [0.25, 0.3) is 0 Å². The molecule has 1 amide bonds. The van der Waals surface area contributed by atoms with Crippen molar-refractivity contribution in [2.45, 2.75) is 39.5 Å². The summed E-state index contributed by atoms with van der Waals surface area (Å²) in [6.45, 7) is 3.67. The summed E-state index contributed by atoms with van der Waals surface area (Å²) in [4.78, 5) is 24.5. The number of hydrogen-bond donors (Lipinski definition) is 3. The number of carbonyl (C=O) groups excluding carboxylic acids is 2. The van der Waals surface area contributed by atoms with E-state index in [-0.39, 0.29) is 40.9 Å². The molecule has 120 valence electrons. The van der Waals surface area contributed by atoms with Crippen molar-refractivity contribution in [2.75, 3.05) is 0 Å². The average molecular weight is 313 g/mol. The summed E-state index contributed by atoms with van der Waals surface area (Å²) in [5.41, 5.74) is 1.52. The van der Waals surface area contributed by atoms with E-state index >= 15 is 0 Å². The summed E-state index contributed by atoms with van der Waals surface area (Å²) < 4.78 is 0. The molecule has 0 unspecified atom stereocenters. The molecule has 0 aromatic heterocycles. The molecule has 2 rings (SSSR count). The number of carbonyl (C=O) groups is 2. The fourth-order valence-electron chi connectivity index (χ4n) is 2.45. The highest BCUT2D eigenvalue weighted by atomic mass is 16.3. The van der Waals surface area contributed by atoms with Crippen molar-refractivity contribution in [2.24, 2.45) is 0 Å². The third-order valence-corrected chi connectivity index (χ3v) is 3.68. The highest BCUT2D eigenvalue weighted by Gasteiger charge is 2.31. The Morgan fingerprint density at radius 3 is 2.48 bits per heavy atom. The zero-order chi connectivity index (χ0) is 17.0. The molecule has 0 fully saturated rings. The lowest BCUT2D eigenvalue weighted by Gasteiger charge is -2.07. The molecule has 0 atom stereocenters. The number of aromatic hydroxyl groups is 2. The Bertz CT molecular complexity index is 750. The summed E-state index contributed by atoms with van der Waals surface area (Å²) in [6.07, 6.45) is 2.25. The Kier molecular flexibility index (Phi) is 5.07. The molecular formula is C18H19NO4. The lowest BCUT2D eigenvalue weighted by Crippen LogP contribution is -2.26. The van der Waals surface area contributed by atoms with Crippen molar-refractivity contribution in [1.82, 2.24) is 5.32 Å². The van der Waals surface area contributed by atoms with E-state index in [2.05, 4.69) is 17.2 Å². The maximum Gasteiger partial charge on any atom is 0.224 e. The van der Waals surface area contributed by atoms with Crippen LogP contribution in [0.4, 0.5) is 0 Å². The topological polar surface area (TPSA) is 86.6 Å². The monoisotopic (exact) mass is 313 g/mol. The molecule has 0 heterocycles. The van der Waals surface area contributed by atoms with Gasteiger partial charge >= 0.3 is 0 Å². The largest absolute Gasteiger partial charge is 0.504 e. The van der Waals surface area contributed by atoms with Gasteiger partial charge < -0.3 is 15.5 Å². The van der Waals surface area contributed by atoms with Gasteiger partial charge in [-0.05, 0) is 36.6 Å². The maximum atomic E-state index is 12.5. The van der Waals surface area contributed by atoms with Crippen molar-refractivity contribution in [3.05, 3.63) is 29.0 Å². The van der Waals surface area contributed by atoms with Crippen molar-refractivity contribution in [3.8, 4) is 23.3 Å². The molecule has 3 N–H and O–H groups in total. The van der Waals surface area contributed by atoms with Gasteiger partial charge in [0, 0.05) is 18.4 Å². The Balaban J connectivity index is 2.42. The molecule has 1 aromatic carbocycles. The van der Waals surface area contributed by atoms with E-state index in [0.29, 0.717) is 17.6 Å². The van der Waals surface area contributed by atoms with Crippen LogP contribution < -0.4 is 5.32 Å². The van der Waals surface area contributed by atoms with Gasteiger partial charge in [-0.1, -0.05) is 19.3 Å². The lowest BCUT2D eigenvalue weighted by molar-refractivity contribution is -0.120. The molecule has 0 saturated heterocycles. The molecular weight excluding hydrogens is 294 g/mol. The van der Waals surface area contributed by atoms with Crippen molar-refractivity contribution < 1.29 is 19.8 Å². The summed E-state index contributed by atoms with van der Waals surface area (Å²) in [7, 11) is 0. The molecule has 0 saturated carbocycles. The smallest absolute Gasteiger partial charge is 0.224 e. The van der Waals surface area contributed by atoms with E-state index in [4.69, 9.17) is 0 Å². The molecule has 5 heteroatoms. The number of allylic oxidation sites excluding steroid dienone is 2. The van der Waals surface area contributed by atoms with Crippen LogP contribution in [0.3, 0.4) is 0 Å². The number of rotatable bonds is 5. The molecule has 0 spiro atoms. The van der Waals surface area contributed by atoms with Gasteiger partial charge in [0.2, 0.25) is 11.7 Å². The minimum Gasteiger partial charge on any atom is -0.504 e. The Hall–Kier alpha value is -2.74. The molecule has 0 bridgehead atoms. The lowest BCUT2D eigenvalue weighted by atomic mass is 10.0. The Labute approximate surface area is 135 Å². The molecule has 5 nitrogen and oxygen atoms in total.